The lowest BCUT2D eigenvalue weighted by molar-refractivity contribution is 0.242. The third-order valence-corrected chi connectivity index (χ3v) is 8.40. The molecule has 2 N–H and O–H groups in total. The summed E-state index contributed by atoms with van der Waals surface area (Å²) in [5, 5.41) is 20.5. The molecular weight excluding hydrogens is 602 g/mol. The number of hydrogen-bond acceptors (Lipinski definition) is 9. The van der Waals surface area contributed by atoms with Crippen LogP contribution in [-0.4, -0.2) is 48.3 Å². The molecule has 0 saturated carbocycles. The van der Waals surface area contributed by atoms with Gasteiger partial charge in [-0.1, -0.05) is 49.7 Å². The molecule has 244 valence electrons. The van der Waals surface area contributed by atoms with E-state index >= 15 is 0 Å². The molecule has 0 aliphatic carbocycles. The molecule has 2 amide bonds. The number of aryl methyl sites for hydroxylation is 1. The average molecular weight is 642 g/mol. The van der Waals surface area contributed by atoms with Crippen molar-refractivity contribution in [3.8, 4) is 17.2 Å². The maximum Gasteiger partial charge on any atom is 0.323 e. The third kappa shape index (κ3) is 7.58. The molecule has 5 heterocycles. The summed E-state index contributed by atoms with van der Waals surface area (Å²) in [7, 11) is 1.88. The zero-order chi connectivity index (χ0) is 33.3. The number of fused-ring (bicyclic) bond motifs is 1. The first-order chi connectivity index (χ1) is 23.5. The summed E-state index contributed by atoms with van der Waals surface area (Å²) >= 11 is 0. The zero-order valence-electron chi connectivity index (χ0n) is 27.3. The van der Waals surface area contributed by atoms with E-state index in [9.17, 15) is 10.1 Å². The molecule has 5 aromatic rings. The molecule has 12 nitrogen and oxygen atoms in total. The number of aromatic nitrogens is 6. The Balaban J connectivity index is 1.15. The number of carbonyl (C=O) groups excluding carboxylic acids is 1. The van der Waals surface area contributed by atoms with E-state index in [1.165, 1.54) is 0 Å². The second-order valence-corrected chi connectivity index (χ2v) is 11.8. The molecule has 4 aromatic heterocycles. The standard InChI is InChI=1S/C36H39N11O/c1-3-9-31(13-8-17-39-35-41-21-29(18-37)34(44-35)46-24-28-12-7-16-38-32(28)25-46)47(36(48)42-19-26-10-5-4-6-11-26)33-15-14-27(20-40-33)30-22-43-45(2)23-30/h4-7,10-12,14-16,20-23,31H,3,8-9,13,17,19,24-25H2,1-2H3,(H,42,48)(H,39,41,44)/t31-/m0/s1. The smallest absolute Gasteiger partial charge is 0.323 e. The van der Waals surface area contributed by atoms with Gasteiger partial charge in [-0.25, -0.2) is 14.8 Å². The second-order valence-electron chi connectivity index (χ2n) is 11.8. The van der Waals surface area contributed by atoms with Gasteiger partial charge in [-0.3, -0.25) is 14.6 Å². The number of urea groups is 1. The fourth-order valence-corrected chi connectivity index (χ4v) is 5.99. The summed E-state index contributed by atoms with van der Waals surface area (Å²) in [4.78, 5) is 36.1. The quantitative estimate of drug-likeness (QED) is 0.152. The Bertz CT molecular complexity index is 1840. The van der Waals surface area contributed by atoms with Crippen molar-refractivity contribution in [3.05, 3.63) is 108 Å². The van der Waals surface area contributed by atoms with Gasteiger partial charge in [0.1, 0.15) is 17.5 Å². The molecule has 48 heavy (non-hydrogen) atoms. The Morgan fingerprint density at radius 3 is 2.60 bits per heavy atom. The molecule has 1 atom stereocenters. The van der Waals surface area contributed by atoms with Gasteiger partial charge in [0.15, 0.2) is 5.82 Å². The molecule has 0 unspecified atom stereocenters. The number of nitrogens with one attached hydrogen (secondary N) is 2. The van der Waals surface area contributed by atoms with Crippen molar-refractivity contribution in [2.45, 2.75) is 58.3 Å². The number of amides is 2. The SMILES string of the molecule is CCC[C@@H](CCCNc1ncc(C#N)c(N2Cc3cccnc3C2)n1)N(C(=O)NCc1ccccc1)c1ccc(-c2cnn(C)c2)cn1. The van der Waals surface area contributed by atoms with E-state index in [4.69, 9.17) is 9.97 Å². The molecule has 1 aliphatic rings. The monoisotopic (exact) mass is 641 g/mol. The fourth-order valence-electron chi connectivity index (χ4n) is 5.99. The van der Waals surface area contributed by atoms with Crippen LogP contribution in [0.2, 0.25) is 0 Å². The lowest BCUT2D eigenvalue weighted by Gasteiger charge is -2.31. The van der Waals surface area contributed by atoms with Crippen molar-refractivity contribution in [1.82, 2.24) is 35.0 Å². The van der Waals surface area contributed by atoms with Crippen molar-refractivity contribution in [1.29, 1.82) is 5.26 Å². The van der Waals surface area contributed by atoms with Gasteiger partial charge in [0.05, 0.1) is 24.6 Å². The van der Waals surface area contributed by atoms with Crippen molar-refractivity contribution in [2.24, 2.45) is 7.05 Å². The summed E-state index contributed by atoms with van der Waals surface area (Å²) < 4.78 is 1.75. The largest absolute Gasteiger partial charge is 0.354 e. The number of nitriles is 1. The minimum Gasteiger partial charge on any atom is -0.354 e. The summed E-state index contributed by atoms with van der Waals surface area (Å²) in [6.45, 7) is 4.38. The zero-order valence-corrected chi connectivity index (χ0v) is 27.3. The first-order valence-electron chi connectivity index (χ1n) is 16.3. The van der Waals surface area contributed by atoms with Gasteiger partial charge in [0.2, 0.25) is 5.95 Å². The van der Waals surface area contributed by atoms with E-state index in [-0.39, 0.29) is 12.1 Å². The number of nitrogens with zero attached hydrogens (tertiary/aromatic N) is 9. The van der Waals surface area contributed by atoms with Gasteiger partial charge in [-0.05, 0) is 48.6 Å². The number of carbonyl (C=O) groups is 1. The molecule has 1 aliphatic heterocycles. The highest BCUT2D eigenvalue weighted by Gasteiger charge is 2.27. The second kappa shape index (κ2) is 15.2. The summed E-state index contributed by atoms with van der Waals surface area (Å²) in [6, 6.07) is 19.7. The van der Waals surface area contributed by atoms with E-state index in [1.807, 2.05) is 61.8 Å². The Morgan fingerprint density at radius 1 is 1.00 bits per heavy atom. The lowest BCUT2D eigenvalue weighted by Crippen LogP contribution is -2.47. The van der Waals surface area contributed by atoms with E-state index in [0.29, 0.717) is 49.3 Å². The van der Waals surface area contributed by atoms with Crippen molar-refractivity contribution < 1.29 is 4.79 Å². The van der Waals surface area contributed by atoms with Crippen LogP contribution in [0.5, 0.6) is 0 Å². The number of benzene rings is 1. The van der Waals surface area contributed by atoms with E-state index in [0.717, 1.165) is 53.6 Å². The van der Waals surface area contributed by atoms with Gasteiger partial charge in [0.25, 0.3) is 0 Å². The Morgan fingerprint density at radius 2 is 1.88 bits per heavy atom. The van der Waals surface area contributed by atoms with Gasteiger partial charge in [0, 0.05) is 62.4 Å². The van der Waals surface area contributed by atoms with Crippen molar-refractivity contribution in [2.75, 3.05) is 21.7 Å². The predicted molar refractivity (Wildman–Crippen MR) is 185 cm³/mol. The maximum absolute atomic E-state index is 13.8. The van der Waals surface area contributed by atoms with E-state index < -0.39 is 0 Å². The van der Waals surface area contributed by atoms with E-state index in [2.05, 4.69) is 49.7 Å². The third-order valence-electron chi connectivity index (χ3n) is 8.40. The molecule has 0 saturated heterocycles. The minimum absolute atomic E-state index is 0.0858. The molecule has 6 rings (SSSR count). The van der Waals surface area contributed by atoms with Crippen molar-refractivity contribution >= 4 is 23.6 Å². The highest BCUT2D eigenvalue weighted by molar-refractivity contribution is 5.91. The molecule has 0 fully saturated rings. The average Bonchev–Trinajstić information content (AvgIpc) is 3.76. The van der Waals surface area contributed by atoms with Crippen LogP contribution in [0, 0.1) is 11.3 Å². The Kier molecular flexibility index (Phi) is 10.2. The minimum atomic E-state index is -0.187. The first-order valence-corrected chi connectivity index (χ1v) is 16.3. The normalized spacial score (nSPS) is 12.6. The predicted octanol–water partition coefficient (Wildman–Crippen LogP) is 5.84. The van der Waals surface area contributed by atoms with Gasteiger partial charge in [-0.15, -0.1) is 0 Å². The van der Waals surface area contributed by atoms with Crippen LogP contribution < -0.4 is 20.4 Å². The van der Waals surface area contributed by atoms with E-state index in [1.54, 1.807) is 34.4 Å². The Hall–Kier alpha value is -5.83. The Labute approximate surface area is 280 Å². The molecule has 0 bridgehead atoms. The number of rotatable bonds is 13. The van der Waals surface area contributed by atoms with Gasteiger partial charge < -0.3 is 15.5 Å². The van der Waals surface area contributed by atoms with Crippen LogP contribution in [0.3, 0.4) is 0 Å². The highest BCUT2D eigenvalue weighted by atomic mass is 16.2. The van der Waals surface area contributed by atoms with Gasteiger partial charge in [-0.2, -0.15) is 15.3 Å². The molecule has 0 radical (unpaired) electrons. The number of pyridine rings is 2. The van der Waals surface area contributed by atoms with Gasteiger partial charge >= 0.3 is 6.03 Å². The number of hydrogen-bond donors (Lipinski definition) is 2. The maximum atomic E-state index is 13.8. The summed E-state index contributed by atoms with van der Waals surface area (Å²) in [5.74, 6) is 1.66. The topological polar surface area (TPSA) is 141 Å². The number of anilines is 3. The fraction of sp³-hybridized carbons (Fsp3) is 0.306. The summed E-state index contributed by atoms with van der Waals surface area (Å²) in [6.07, 6.45) is 12.1. The van der Waals surface area contributed by atoms with Crippen LogP contribution >= 0.6 is 0 Å². The molecule has 1 aromatic carbocycles. The highest BCUT2D eigenvalue weighted by Crippen LogP contribution is 2.29. The lowest BCUT2D eigenvalue weighted by atomic mass is 10.0. The molecule has 0 spiro atoms. The van der Waals surface area contributed by atoms with Crippen LogP contribution in [0.1, 0.15) is 55.0 Å². The first kappa shape index (κ1) is 32.1. The molecular formula is C36H39N11O. The van der Waals surface area contributed by atoms with Crippen molar-refractivity contribution in [3.63, 3.8) is 0 Å². The van der Waals surface area contributed by atoms with Crippen LogP contribution in [0.15, 0.2) is 85.6 Å². The molecule has 12 heteroatoms. The van der Waals surface area contributed by atoms with Crippen LogP contribution in [0.25, 0.3) is 11.1 Å². The van der Waals surface area contributed by atoms with Crippen LogP contribution in [0.4, 0.5) is 22.4 Å². The van der Waals surface area contributed by atoms with Crippen LogP contribution in [-0.2, 0) is 26.7 Å². The summed E-state index contributed by atoms with van der Waals surface area (Å²) in [5.41, 5.74) is 5.48.